The quantitative estimate of drug-likeness (QED) is 0.899. The molecule has 6 heteroatoms. The van der Waals surface area contributed by atoms with Crippen LogP contribution in [-0.2, 0) is 11.2 Å². The molecule has 0 atom stereocenters. The third-order valence-corrected chi connectivity index (χ3v) is 2.63. The van der Waals surface area contributed by atoms with Crippen LogP contribution in [-0.4, -0.2) is 25.3 Å². The summed E-state index contributed by atoms with van der Waals surface area (Å²) in [5.41, 5.74) is -0.631. The van der Waals surface area contributed by atoms with E-state index in [9.17, 15) is 9.59 Å². The largest absolute Gasteiger partial charge is 0.497 e. The summed E-state index contributed by atoms with van der Waals surface area (Å²) in [5.74, 6) is -0.154. The van der Waals surface area contributed by atoms with E-state index in [2.05, 4.69) is 0 Å². The van der Waals surface area contributed by atoms with Crippen molar-refractivity contribution in [3.8, 4) is 11.5 Å². The summed E-state index contributed by atoms with van der Waals surface area (Å²) in [6.07, 6.45) is -0.356. The number of hydrogen-bond acceptors (Lipinski definition) is 5. The van der Waals surface area contributed by atoms with Crippen LogP contribution in [0.4, 0.5) is 0 Å². The van der Waals surface area contributed by atoms with E-state index in [4.69, 9.17) is 19.0 Å². The molecule has 1 heterocycles. The van der Waals surface area contributed by atoms with Crippen LogP contribution >= 0.6 is 0 Å². The van der Waals surface area contributed by atoms with Crippen molar-refractivity contribution >= 4 is 16.7 Å². The van der Waals surface area contributed by atoms with Crippen LogP contribution in [0.1, 0.15) is 5.76 Å². The molecule has 0 bridgehead atoms. The zero-order valence-corrected chi connectivity index (χ0v) is 10.4. The second-order valence-electron chi connectivity index (χ2n) is 3.86. The molecule has 1 aromatic carbocycles. The Balaban J connectivity index is 2.72. The molecule has 0 aliphatic carbocycles. The zero-order chi connectivity index (χ0) is 14.0. The Morgan fingerprint density at radius 1 is 1.26 bits per heavy atom. The third kappa shape index (κ3) is 2.52. The first-order valence-electron chi connectivity index (χ1n) is 5.45. The highest BCUT2D eigenvalue weighted by molar-refractivity contribution is 5.89. The molecule has 0 amide bonds. The summed E-state index contributed by atoms with van der Waals surface area (Å²) in [4.78, 5) is 22.5. The molecule has 0 spiro atoms. The summed E-state index contributed by atoms with van der Waals surface area (Å²) in [7, 11) is 2.92. The third-order valence-electron chi connectivity index (χ3n) is 2.63. The lowest BCUT2D eigenvalue weighted by Gasteiger charge is -2.08. The minimum Gasteiger partial charge on any atom is -0.497 e. The Labute approximate surface area is 108 Å². The second kappa shape index (κ2) is 5.01. The SMILES string of the molecule is COc1cc(OC)c2c(=O)oc(CC(=O)O)cc2c1. The van der Waals surface area contributed by atoms with Gasteiger partial charge >= 0.3 is 11.6 Å². The van der Waals surface area contributed by atoms with E-state index < -0.39 is 11.6 Å². The molecule has 0 aliphatic heterocycles. The number of fused-ring (bicyclic) bond motifs is 1. The Bertz CT molecular complexity index is 685. The molecule has 6 nitrogen and oxygen atoms in total. The van der Waals surface area contributed by atoms with E-state index >= 15 is 0 Å². The van der Waals surface area contributed by atoms with Crippen LogP contribution in [0.25, 0.3) is 10.8 Å². The van der Waals surface area contributed by atoms with Crippen LogP contribution in [0.15, 0.2) is 27.4 Å². The molecule has 2 aromatic rings. The molecule has 19 heavy (non-hydrogen) atoms. The highest BCUT2D eigenvalue weighted by Crippen LogP contribution is 2.29. The van der Waals surface area contributed by atoms with Gasteiger partial charge in [-0.1, -0.05) is 0 Å². The van der Waals surface area contributed by atoms with Gasteiger partial charge in [0.15, 0.2) is 0 Å². The fourth-order valence-electron chi connectivity index (χ4n) is 1.83. The minimum atomic E-state index is -1.07. The Morgan fingerprint density at radius 3 is 2.58 bits per heavy atom. The molecule has 2 rings (SSSR count). The predicted octanol–water partition coefficient (Wildman–Crippen LogP) is 1.44. The number of carboxylic acids is 1. The number of benzene rings is 1. The van der Waals surface area contributed by atoms with E-state index in [0.29, 0.717) is 16.9 Å². The molecule has 1 aromatic heterocycles. The number of ether oxygens (including phenoxy) is 2. The predicted molar refractivity (Wildman–Crippen MR) is 66.9 cm³/mol. The second-order valence-corrected chi connectivity index (χ2v) is 3.86. The molecule has 0 saturated heterocycles. The minimum absolute atomic E-state index is 0.0836. The number of carbonyl (C=O) groups is 1. The topological polar surface area (TPSA) is 86.0 Å². The molecular weight excluding hydrogens is 252 g/mol. The Morgan fingerprint density at radius 2 is 2.00 bits per heavy atom. The van der Waals surface area contributed by atoms with E-state index in [1.165, 1.54) is 20.3 Å². The van der Waals surface area contributed by atoms with Crippen LogP contribution in [0.2, 0.25) is 0 Å². The Kier molecular flexibility index (Phi) is 3.41. The van der Waals surface area contributed by atoms with Crippen molar-refractivity contribution in [1.82, 2.24) is 0 Å². The van der Waals surface area contributed by atoms with Crippen molar-refractivity contribution in [1.29, 1.82) is 0 Å². The van der Waals surface area contributed by atoms with Gasteiger partial charge in [-0.3, -0.25) is 4.79 Å². The average Bonchev–Trinajstić information content (AvgIpc) is 2.36. The monoisotopic (exact) mass is 264 g/mol. The highest BCUT2D eigenvalue weighted by atomic mass is 16.5. The van der Waals surface area contributed by atoms with Crippen LogP contribution in [0.5, 0.6) is 11.5 Å². The van der Waals surface area contributed by atoms with Crippen molar-refractivity contribution < 1.29 is 23.8 Å². The van der Waals surface area contributed by atoms with E-state index in [1.54, 1.807) is 12.1 Å². The summed E-state index contributed by atoms with van der Waals surface area (Å²) in [5, 5.41) is 9.50. The highest BCUT2D eigenvalue weighted by Gasteiger charge is 2.13. The molecule has 0 saturated carbocycles. The molecule has 0 unspecified atom stereocenters. The van der Waals surface area contributed by atoms with E-state index in [0.717, 1.165) is 0 Å². The standard InChI is InChI=1S/C13H12O6/c1-17-8-3-7-4-9(6-11(14)15)19-13(16)12(7)10(5-8)18-2/h3-5H,6H2,1-2H3,(H,14,15). The molecule has 100 valence electrons. The van der Waals surface area contributed by atoms with Crippen LogP contribution < -0.4 is 15.1 Å². The van der Waals surface area contributed by atoms with Gasteiger partial charge in [0, 0.05) is 6.07 Å². The molecule has 0 fully saturated rings. The fourth-order valence-corrected chi connectivity index (χ4v) is 1.83. The number of methoxy groups -OCH3 is 2. The van der Waals surface area contributed by atoms with Gasteiger partial charge in [-0.15, -0.1) is 0 Å². The fraction of sp³-hybridized carbons (Fsp3) is 0.231. The van der Waals surface area contributed by atoms with Crippen molar-refractivity contribution in [3.05, 3.63) is 34.4 Å². The normalized spacial score (nSPS) is 10.4. The number of aliphatic carboxylic acids is 1. The van der Waals surface area contributed by atoms with Gasteiger partial charge in [-0.25, -0.2) is 4.79 Å². The van der Waals surface area contributed by atoms with Crippen molar-refractivity contribution in [3.63, 3.8) is 0 Å². The van der Waals surface area contributed by atoms with E-state index in [-0.39, 0.29) is 17.6 Å². The summed E-state index contributed by atoms with van der Waals surface area (Å²) in [6, 6.07) is 4.69. The van der Waals surface area contributed by atoms with Gasteiger partial charge < -0.3 is 19.0 Å². The summed E-state index contributed by atoms with van der Waals surface area (Å²) >= 11 is 0. The van der Waals surface area contributed by atoms with Crippen molar-refractivity contribution in [2.24, 2.45) is 0 Å². The molecule has 0 aliphatic rings. The average molecular weight is 264 g/mol. The zero-order valence-electron chi connectivity index (χ0n) is 10.4. The summed E-state index contributed by atoms with van der Waals surface area (Å²) in [6.45, 7) is 0. The van der Waals surface area contributed by atoms with Gasteiger partial charge in [-0.2, -0.15) is 0 Å². The number of hydrogen-bond donors (Lipinski definition) is 1. The number of rotatable bonds is 4. The first-order valence-corrected chi connectivity index (χ1v) is 5.45. The lowest BCUT2D eigenvalue weighted by atomic mass is 10.1. The number of carboxylic acid groups (broad SMARTS) is 1. The smallest absolute Gasteiger partial charge is 0.347 e. The van der Waals surface area contributed by atoms with Crippen LogP contribution in [0, 0.1) is 0 Å². The summed E-state index contributed by atoms with van der Waals surface area (Å²) < 4.78 is 15.2. The first kappa shape index (κ1) is 12.9. The molecular formula is C13H12O6. The van der Waals surface area contributed by atoms with Gasteiger partial charge in [0.05, 0.1) is 14.2 Å². The van der Waals surface area contributed by atoms with Crippen molar-refractivity contribution in [2.45, 2.75) is 6.42 Å². The van der Waals surface area contributed by atoms with Gasteiger partial charge in [-0.05, 0) is 17.5 Å². The van der Waals surface area contributed by atoms with Crippen LogP contribution in [0.3, 0.4) is 0 Å². The molecule has 0 radical (unpaired) electrons. The van der Waals surface area contributed by atoms with Gasteiger partial charge in [0.2, 0.25) is 0 Å². The molecule has 1 N–H and O–H groups in total. The maximum Gasteiger partial charge on any atom is 0.347 e. The van der Waals surface area contributed by atoms with Gasteiger partial charge in [0.25, 0.3) is 0 Å². The lowest BCUT2D eigenvalue weighted by Crippen LogP contribution is -2.07. The van der Waals surface area contributed by atoms with E-state index in [1.807, 2.05) is 0 Å². The van der Waals surface area contributed by atoms with Crippen molar-refractivity contribution in [2.75, 3.05) is 14.2 Å². The van der Waals surface area contributed by atoms with Gasteiger partial charge in [0.1, 0.15) is 29.1 Å². The maximum absolute atomic E-state index is 11.9. The Hall–Kier alpha value is -2.50. The maximum atomic E-state index is 11.9. The first-order chi connectivity index (χ1) is 9.05. The lowest BCUT2D eigenvalue weighted by molar-refractivity contribution is -0.136.